The number of cyclic esters (lactones) is 1. The van der Waals surface area contributed by atoms with Crippen molar-refractivity contribution in [1.29, 1.82) is 0 Å². The third-order valence-corrected chi connectivity index (χ3v) is 2.58. The Balaban J connectivity index is 2.72. The van der Waals surface area contributed by atoms with Gasteiger partial charge in [-0.3, -0.25) is 4.79 Å². The lowest BCUT2D eigenvalue weighted by Crippen LogP contribution is -2.04. The lowest BCUT2D eigenvalue weighted by atomic mass is 10.1. The Bertz CT molecular complexity index is 206. The normalized spacial score (nSPS) is 23.7. The number of allylic oxidation sites excluding steroid dienone is 1. The maximum absolute atomic E-state index is 11.0. The third-order valence-electron chi connectivity index (χ3n) is 1.69. The standard InChI is InChI=1S/C7H8Br2O2/c1-2-4-3-5(6(8)9)11-7(4)10/h4H,2-3H2,1H3. The van der Waals surface area contributed by atoms with Crippen LogP contribution in [0.3, 0.4) is 0 Å². The van der Waals surface area contributed by atoms with Crippen LogP contribution in [-0.4, -0.2) is 5.97 Å². The molecule has 0 aromatic carbocycles. The van der Waals surface area contributed by atoms with Gasteiger partial charge in [-0.05, 0) is 38.3 Å². The van der Waals surface area contributed by atoms with Crippen molar-refractivity contribution in [2.24, 2.45) is 5.92 Å². The number of carbonyl (C=O) groups is 1. The summed E-state index contributed by atoms with van der Waals surface area (Å²) < 4.78 is 5.72. The first-order valence-corrected chi connectivity index (χ1v) is 4.99. The molecule has 0 aromatic rings. The van der Waals surface area contributed by atoms with E-state index in [1.54, 1.807) is 0 Å². The Kier molecular flexibility index (Phi) is 3.13. The fourth-order valence-corrected chi connectivity index (χ4v) is 1.47. The van der Waals surface area contributed by atoms with Gasteiger partial charge in [0, 0.05) is 6.42 Å². The van der Waals surface area contributed by atoms with Gasteiger partial charge in [-0.15, -0.1) is 0 Å². The summed E-state index contributed by atoms with van der Waals surface area (Å²) in [6.07, 6.45) is 1.55. The number of carbonyl (C=O) groups excluding carboxylic acids is 1. The zero-order chi connectivity index (χ0) is 8.43. The minimum absolute atomic E-state index is 0.0510. The number of hydrogen-bond acceptors (Lipinski definition) is 2. The molecule has 0 saturated carbocycles. The fourth-order valence-electron chi connectivity index (χ4n) is 0.980. The first kappa shape index (κ1) is 9.26. The van der Waals surface area contributed by atoms with Crippen molar-refractivity contribution in [3.63, 3.8) is 0 Å². The predicted molar refractivity (Wildman–Crippen MR) is 49.4 cm³/mol. The van der Waals surface area contributed by atoms with Crippen LogP contribution in [0, 0.1) is 5.92 Å². The van der Waals surface area contributed by atoms with Crippen LogP contribution in [0.2, 0.25) is 0 Å². The maximum atomic E-state index is 11.0. The molecule has 0 radical (unpaired) electrons. The number of rotatable bonds is 1. The zero-order valence-electron chi connectivity index (χ0n) is 6.06. The molecule has 0 amide bonds. The van der Waals surface area contributed by atoms with E-state index in [1.165, 1.54) is 0 Å². The number of ether oxygens (including phenoxy) is 1. The molecule has 1 atom stereocenters. The second-order valence-electron chi connectivity index (χ2n) is 2.41. The molecule has 11 heavy (non-hydrogen) atoms. The molecule has 0 bridgehead atoms. The van der Waals surface area contributed by atoms with Crippen LogP contribution in [0.4, 0.5) is 0 Å². The number of esters is 1. The summed E-state index contributed by atoms with van der Waals surface area (Å²) in [6, 6.07) is 0. The molecule has 2 nitrogen and oxygen atoms in total. The van der Waals surface area contributed by atoms with Crippen molar-refractivity contribution < 1.29 is 9.53 Å². The second-order valence-corrected chi connectivity index (χ2v) is 5.06. The highest BCUT2D eigenvalue weighted by Gasteiger charge is 2.30. The van der Waals surface area contributed by atoms with Crippen molar-refractivity contribution in [3.8, 4) is 0 Å². The SMILES string of the molecule is CCC1CC(=C(Br)Br)OC1=O. The maximum Gasteiger partial charge on any atom is 0.314 e. The fraction of sp³-hybridized carbons (Fsp3) is 0.571. The molecule has 1 rings (SSSR count). The molecule has 1 saturated heterocycles. The van der Waals surface area contributed by atoms with Crippen LogP contribution in [0.25, 0.3) is 0 Å². The molecule has 0 aliphatic carbocycles. The van der Waals surface area contributed by atoms with Gasteiger partial charge in [0.25, 0.3) is 0 Å². The highest BCUT2D eigenvalue weighted by Crippen LogP contribution is 2.33. The summed E-state index contributed by atoms with van der Waals surface area (Å²) >= 11 is 6.41. The summed E-state index contributed by atoms with van der Waals surface area (Å²) in [5, 5.41) is 0. The van der Waals surface area contributed by atoms with E-state index in [2.05, 4.69) is 31.9 Å². The molecule has 1 fully saturated rings. The summed E-state index contributed by atoms with van der Waals surface area (Å²) in [4.78, 5) is 11.0. The van der Waals surface area contributed by atoms with Gasteiger partial charge in [0.15, 0.2) is 0 Å². The summed E-state index contributed by atoms with van der Waals surface area (Å²) in [7, 11) is 0. The van der Waals surface area contributed by atoms with Gasteiger partial charge in [-0.25, -0.2) is 0 Å². The van der Waals surface area contributed by atoms with Crippen molar-refractivity contribution in [3.05, 3.63) is 9.15 Å². The smallest absolute Gasteiger partial charge is 0.314 e. The van der Waals surface area contributed by atoms with E-state index in [9.17, 15) is 4.79 Å². The predicted octanol–water partition coefficient (Wildman–Crippen LogP) is 2.92. The molecule has 0 spiro atoms. The molecule has 62 valence electrons. The average molecular weight is 284 g/mol. The molecule has 1 heterocycles. The Hall–Kier alpha value is 0.170. The van der Waals surface area contributed by atoms with E-state index in [0.29, 0.717) is 12.2 Å². The number of halogens is 2. The van der Waals surface area contributed by atoms with E-state index in [1.807, 2.05) is 6.92 Å². The Morgan fingerprint density at radius 3 is 2.64 bits per heavy atom. The molecule has 0 aromatic heterocycles. The minimum atomic E-state index is -0.112. The van der Waals surface area contributed by atoms with Crippen LogP contribution in [0.5, 0.6) is 0 Å². The zero-order valence-corrected chi connectivity index (χ0v) is 9.24. The highest BCUT2D eigenvalue weighted by molar-refractivity contribution is 9.28. The first-order valence-electron chi connectivity index (χ1n) is 3.41. The summed E-state index contributed by atoms with van der Waals surface area (Å²) in [5.41, 5.74) is 0. The molecule has 0 N–H and O–H groups in total. The quantitative estimate of drug-likeness (QED) is 0.692. The number of hydrogen-bond donors (Lipinski definition) is 0. The van der Waals surface area contributed by atoms with E-state index in [0.717, 1.165) is 9.81 Å². The summed E-state index contributed by atoms with van der Waals surface area (Å²) in [6.45, 7) is 1.98. The average Bonchev–Trinajstić information content (AvgIpc) is 2.31. The lowest BCUT2D eigenvalue weighted by Gasteiger charge is -1.94. The van der Waals surface area contributed by atoms with Crippen molar-refractivity contribution in [2.45, 2.75) is 19.8 Å². The largest absolute Gasteiger partial charge is 0.429 e. The van der Waals surface area contributed by atoms with Gasteiger partial charge in [0.1, 0.15) is 5.76 Å². The second kappa shape index (κ2) is 3.72. The van der Waals surface area contributed by atoms with Crippen LogP contribution < -0.4 is 0 Å². The monoisotopic (exact) mass is 282 g/mol. The van der Waals surface area contributed by atoms with E-state index in [4.69, 9.17) is 4.74 Å². The van der Waals surface area contributed by atoms with E-state index < -0.39 is 0 Å². The Labute approximate surface area is 82.2 Å². The molecule has 1 aliphatic rings. The van der Waals surface area contributed by atoms with E-state index in [-0.39, 0.29) is 11.9 Å². The van der Waals surface area contributed by atoms with Gasteiger partial charge >= 0.3 is 5.97 Å². The lowest BCUT2D eigenvalue weighted by molar-refractivity contribution is -0.139. The molecular weight excluding hydrogens is 276 g/mol. The van der Waals surface area contributed by atoms with Gasteiger partial charge in [-0.2, -0.15) is 0 Å². The Morgan fingerprint density at radius 1 is 1.73 bits per heavy atom. The highest BCUT2D eigenvalue weighted by atomic mass is 79.9. The van der Waals surface area contributed by atoms with Crippen molar-refractivity contribution in [2.75, 3.05) is 0 Å². The van der Waals surface area contributed by atoms with Crippen LogP contribution in [0.15, 0.2) is 9.15 Å². The van der Waals surface area contributed by atoms with Gasteiger partial charge in [0.05, 0.1) is 9.31 Å². The van der Waals surface area contributed by atoms with Crippen LogP contribution in [0.1, 0.15) is 19.8 Å². The van der Waals surface area contributed by atoms with Gasteiger partial charge in [0.2, 0.25) is 0 Å². The summed E-state index contributed by atoms with van der Waals surface area (Å²) in [5.74, 6) is 0.649. The van der Waals surface area contributed by atoms with Crippen molar-refractivity contribution >= 4 is 37.8 Å². The molecular formula is C7H8Br2O2. The van der Waals surface area contributed by atoms with E-state index >= 15 is 0 Å². The van der Waals surface area contributed by atoms with Crippen LogP contribution >= 0.6 is 31.9 Å². The minimum Gasteiger partial charge on any atom is -0.429 e. The van der Waals surface area contributed by atoms with Gasteiger partial charge in [-0.1, -0.05) is 6.92 Å². The topological polar surface area (TPSA) is 26.3 Å². The Morgan fingerprint density at radius 2 is 2.36 bits per heavy atom. The third kappa shape index (κ3) is 2.06. The van der Waals surface area contributed by atoms with Crippen molar-refractivity contribution in [1.82, 2.24) is 0 Å². The van der Waals surface area contributed by atoms with Gasteiger partial charge < -0.3 is 4.74 Å². The first-order chi connectivity index (χ1) is 5.15. The molecule has 1 unspecified atom stereocenters. The van der Waals surface area contributed by atoms with Crippen LogP contribution in [-0.2, 0) is 9.53 Å². The molecule has 1 aliphatic heterocycles. The molecule has 4 heteroatoms.